The molecule has 0 saturated heterocycles. The van der Waals surface area contributed by atoms with Gasteiger partial charge in [0, 0.05) is 16.9 Å². The highest BCUT2D eigenvalue weighted by Gasteiger charge is 2.04. The molecule has 0 heterocycles. The number of hydrogen-bond acceptors (Lipinski definition) is 3. The Labute approximate surface area is 110 Å². The van der Waals surface area contributed by atoms with Gasteiger partial charge in [-0.2, -0.15) is 0 Å². The number of carbonyl (C=O) groups excluding carboxylic acids is 1. The van der Waals surface area contributed by atoms with Gasteiger partial charge in [-0.05, 0) is 37.5 Å². The summed E-state index contributed by atoms with van der Waals surface area (Å²) in [6.45, 7) is 2.28. The molecule has 3 nitrogen and oxygen atoms in total. The Hall–Kier alpha value is -0.870. The van der Waals surface area contributed by atoms with Gasteiger partial charge in [0.2, 0.25) is 0 Å². The molecule has 4 heteroatoms. The molecule has 0 aliphatic carbocycles. The molecule has 1 unspecified atom stereocenters. The summed E-state index contributed by atoms with van der Waals surface area (Å²) in [5.41, 5.74) is 6.60. The fraction of sp³-hybridized carbons (Fsp3) is 0.462. The monoisotopic (exact) mass is 299 g/mol. The number of carbonyl (C=O) groups is 1. The van der Waals surface area contributed by atoms with Crippen molar-refractivity contribution in [3.05, 3.63) is 34.3 Å². The van der Waals surface area contributed by atoms with Crippen LogP contribution >= 0.6 is 15.9 Å². The third-order valence-electron chi connectivity index (χ3n) is 2.35. The Morgan fingerprint density at radius 1 is 1.41 bits per heavy atom. The van der Waals surface area contributed by atoms with E-state index in [9.17, 15) is 4.79 Å². The summed E-state index contributed by atoms with van der Waals surface area (Å²) in [6, 6.07) is 7.87. The lowest BCUT2D eigenvalue weighted by atomic mass is 10.1. The average Bonchev–Trinajstić information content (AvgIpc) is 2.28. The van der Waals surface area contributed by atoms with Crippen LogP contribution in [0.15, 0.2) is 28.7 Å². The highest BCUT2D eigenvalue weighted by atomic mass is 79.9. The Kier molecular flexibility index (Phi) is 6.22. The quantitative estimate of drug-likeness (QED) is 0.822. The van der Waals surface area contributed by atoms with Gasteiger partial charge in [-0.3, -0.25) is 4.79 Å². The number of halogens is 1. The molecular weight excluding hydrogens is 282 g/mol. The lowest BCUT2D eigenvalue weighted by Crippen LogP contribution is -2.15. The molecule has 0 fully saturated rings. The highest BCUT2D eigenvalue weighted by molar-refractivity contribution is 9.10. The topological polar surface area (TPSA) is 52.3 Å². The normalized spacial score (nSPS) is 12.2. The zero-order valence-electron chi connectivity index (χ0n) is 9.99. The molecule has 94 valence electrons. The first-order valence-corrected chi connectivity index (χ1v) is 6.53. The van der Waals surface area contributed by atoms with Crippen LogP contribution in [0.1, 0.15) is 31.7 Å². The van der Waals surface area contributed by atoms with Crippen molar-refractivity contribution in [1.29, 1.82) is 0 Å². The molecule has 0 aromatic heterocycles. The van der Waals surface area contributed by atoms with E-state index in [0.29, 0.717) is 13.0 Å². The van der Waals surface area contributed by atoms with Gasteiger partial charge in [-0.15, -0.1) is 0 Å². The number of hydrogen-bond donors (Lipinski definition) is 1. The molecule has 0 amide bonds. The smallest absolute Gasteiger partial charge is 0.306 e. The van der Waals surface area contributed by atoms with Crippen LogP contribution < -0.4 is 5.73 Å². The molecule has 0 radical (unpaired) electrons. The third-order valence-corrected chi connectivity index (χ3v) is 2.88. The Bertz CT molecular complexity index is 349. The van der Waals surface area contributed by atoms with Crippen molar-refractivity contribution in [2.75, 3.05) is 0 Å². The van der Waals surface area contributed by atoms with E-state index in [2.05, 4.69) is 15.9 Å². The third kappa shape index (κ3) is 6.44. The van der Waals surface area contributed by atoms with E-state index < -0.39 is 0 Å². The molecule has 0 spiro atoms. The minimum atomic E-state index is -0.159. The first-order chi connectivity index (χ1) is 8.08. The maximum absolute atomic E-state index is 11.4. The second-order valence-corrected chi connectivity index (χ2v) is 5.07. The number of esters is 1. The van der Waals surface area contributed by atoms with E-state index in [1.165, 1.54) is 0 Å². The predicted octanol–water partition coefficient (Wildman–Crippen LogP) is 3.01. The van der Waals surface area contributed by atoms with E-state index in [1.54, 1.807) is 0 Å². The first kappa shape index (κ1) is 14.2. The Morgan fingerprint density at radius 3 is 2.65 bits per heavy atom. The molecule has 0 aliphatic heterocycles. The zero-order valence-corrected chi connectivity index (χ0v) is 11.6. The number of ether oxygens (including phenoxy) is 1. The summed E-state index contributed by atoms with van der Waals surface area (Å²) in [7, 11) is 0. The summed E-state index contributed by atoms with van der Waals surface area (Å²) in [6.07, 6.45) is 2.09. The largest absolute Gasteiger partial charge is 0.461 e. The lowest BCUT2D eigenvalue weighted by Gasteiger charge is -2.06. The van der Waals surface area contributed by atoms with Crippen molar-refractivity contribution in [2.24, 2.45) is 5.73 Å². The van der Waals surface area contributed by atoms with E-state index >= 15 is 0 Å². The minimum absolute atomic E-state index is 0.147. The van der Waals surface area contributed by atoms with Gasteiger partial charge in [0.1, 0.15) is 6.61 Å². The van der Waals surface area contributed by atoms with Crippen LogP contribution in [0, 0.1) is 0 Å². The van der Waals surface area contributed by atoms with Gasteiger partial charge < -0.3 is 10.5 Å². The van der Waals surface area contributed by atoms with Gasteiger partial charge in [-0.1, -0.05) is 28.1 Å². The minimum Gasteiger partial charge on any atom is -0.461 e. The van der Waals surface area contributed by atoms with Crippen LogP contribution in [0.2, 0.25) is 0 Å². The molecule has 1 atom stereocenters. The second kappa shape index (κ2) is 7.45. The molecule has 2 N–H and O–H groups in total. The zero-order chi connectivity index (χ0) is 12.7. The summed E-state index contributed by atoms with van der Waals surface area (Å²) in [5, 5.41) is 0. The van der Waals surface area contributed by atoms with E-state index in [0.717, 1.165) is 22.9 Å². The average molecular weight is 300 g/mol. The van der Waals surface area contributed by atoms with E-state index in [4.69, 9.17) is 10.5 Å². The molecule has 17 heavy (non-hydrogen) atoms. The maximum atomic E-state index is 11.4. The molecular formula is C13H18BrNO2. The Balaban J connectivity index is 2.21. The van der Waals surface area contributed by atoms with Crippen molar-refractivity contribution in [3.8, 4) is 0 Å². The summed E-state index contributed by atoms with van der Waals surface area (Å²) < 4.78 is 6.17. The van der Waals surface area contributed by atoms with Crippen molar-refractivity contribution < 1.29 is 9.53 Å². The van der Waals surface area contributed by atoms with Crippen LogP contribution in [-0.4, -0.2) is 12.0 Å². The number of rotatable bonds is 6. The van der Waals surface area contributed by atoms with Gasteiger partial charge in [0.15, 0.2) is 0 Å². The van der Waals surface area contributed by atoms with Gasteiger partial charge in [-0.25, -0.2) is 0 Å². The number of nitrogens with two attached hydrogens (primary N) is 1. The van der Waals surface area contributed by atoms with Crippen LogP contribution in [0.5, 0.6) is 0 Å². The summed E-state index contributed by atoms with van der Waals surface area (Å²) in [4.78, 5) is 11.4. The van der Waals surface area contributed by atoms with Crippen molar-refractivity contribution >= 4 is 21.9 Å². The van der Waals surface area contributed by atoms with Crippen LogP contribution in [-0.2, 0) is 16.1 Å². The van der Waals surface area contributed by atoms with E-state index in [1.807, 2.05) is 31.2 Å². The van der Waals surface area contributed by atoms with Crippen LogP contribution in [0.25, 0.3) is 0 Å². The second-order valence-electron chi connectivity index (χ2n) is 4.16. The predicted molar refractivity (Wildman–Crippen MR) is 71.4 cm³/mol. The molecule has 0 aliphatic rings. The first-order valence-electron chi connectivity index (χ1n) is 5.73. The fourth-order valence-electron chi connectivity index (χ4n) is 1.39. The van der Waals surface area contributed by atoms with Crippen molar-refractivity contribution in [3.63, 3.8) is 0 Å². The maximum Gasteiger partial charge on any atom is 0.306 e. The lowest BCUT2D eigenvalue weighted by molar-refractivity contribution is -0.145. The van der Waals surface area contributed by atoms with Gasteiger partial charge in [0.05, 0.1) is 0 Å². The standard InChI is InChI=1S/C13H18BrNO2/c1-10(15)3-2-4-13(16)17-9-11-5-7-12(14)8-6-11/h5-8,10H,2-4,9,15H2,1H3. The van der Waals surface area contributed by atoms with Gasteiger partial charge >= 0.3 is 5.97 Å². The number of benzene rings is 1. The molecule has 1 aromatic rings. The SMILES string of the molecule is CC(N)CCCC(=O)OCc1ccc(Br)cc1. The Morgan fingerprint density at radius 2 is 2.06 bits per heavy atom. The molecule has 0 saturated carbocycles. The highest BCUT2D eigenvalue weighted by Crippen LogP contribution is 2.11. The summed E-state index contributed by atoms with van der Waals surface area (Å²) >= 11 is 3.35. The molecule has 1 aromatic carbocycles. The van der Waals surface area contributed by atoms with Crippen molar-refractivity contribution in [1.82, 2.24) is 0 Å². The fourth-order valence-corrected chi connectivity index (χ4v) is 1.65. The molecule has 1 rings (SSSR count). The molecule has 0 bridgehead atoms. The van der Waals surface area contributed by atoms with Gasteiger partial charge in [0.25, 0.3) is 0 Å². The van der Waals surface area contributed by atoms with Crippen molar-refractivity contribution in [2.45, 2.75) is 38.8 Å². The van der Waals surface area contributed by atoms with Crippen LogP contribution in [0.4, 0.5) is 0 Å². The van der Waals surface area contributed by atoms with Crippen LogP contribution in [0.3, 0.4) is 0 Å². The summed E-state index contributed by atoms with van der Waals surface area (Å²) in [5.74, 6) is -0.159. The van der Waals surface area contributed by atoms with E-state index in [-0.39, 0.29) is 12.0 Å².